The Morgan fingerprint density at radius 1 is 1.19 bits per heavy atom. The van der Waals surface area contributed by atoms with Gasteiger partial charge in [-0.05, 0) is 54.9 Å². The van der Waals surface area contributed by atoms with E-state index in [1.54, 1.807) is 11.0 Å². The molecule has 5 rings (SSSR count). The molecule has 2 fully saturated rings. The molecule has 2 heterocycles. The van der Waals surface area contributed by atoms with Crippen LogP contribution in [0.25, 0.3) is 0 Å². The maximum Gasteiger partial charge on any atom is 0.417 e. The standard InChI is InChI=1S/C27H30F5N3O/c1-25(28,29)19-5-2-4-17(10-19)14-33-22-12-20-6-3-8-26(20,13-22)24(36)35-9-7-23-18(16-35)11-21(15-34-23)27(30,31)32/h2,4-5,10-11,15,20,22,33H,3,6-9,12-14,16H2,1H3. The number of carbonyl (C=O) groups excluding carboxylic acids is 1. The van der Waals surface area contributed by atoms with Crippen LogP contribution >= 0.6 is 0 Å². The molecule has 1 aromatic carbocycles. The minimum Gasteiger partial charge on any atom is -0.337 e. The van der Waals surface area contributed by atoms with Crippen molar-refractivity contribution < 1.29 is 26.7 Å². The third-order valence-electron chi connectivity index (χ3n) is 8.25. The smallest absolute Gasteiger partial charge is 0.337 e. The molecule has 2 aromatic rings. The van der Waals surface area contributed by atoms with E-state index in [1.165, 1.54) is 12.1 Å². The molecule has 2 saturated carbocycles. The van der Waals surface area contributed by atoms with Crippen molar-refractivity contribution in [1.82, 2.24) is 15.2 Å². The Labute approximate surface area is 207 Å². The Kier molecular flexibility index (Phi) is 6.34. The molecule has 4 nitrogen and oxygen atoms in total. The summed E-state index contributed by atoms with van der Waals surface area (Å²) in [5, 5.41) is 3.48. The number of nitrogens with zero attached hydrogens (tertiary/aromatic N) is 2. The highest BCUT2D eigenvalue weighted by Crippen LogP contribution is 2.55. The van der Waals surface area contributed by atoms with Gasteiger partial charge >= 0.3 is 6.18 Å². The van der Waals surface area contributed by atoms with Gasteiger partial charge in [-0.15, -0.1) is 0 Å². The van der Waals surface area contributed by atoms with Crippen molar-refractivity contribution in [3.8, 4) is 0 Å². The lowest BCUT2D eigenvalue weighted by atomic mass is 9.78. The zero-order valence-electron chi connectivity index (χ0n) is 20.2. The molecule has 1 aliphatic heterocycles. The Morgan fingerprint density at radius 3 is 2.75 bits per heavy atom. The fourth-order valence-electron chi connectivity index (χ4n) is 6.43. The summed E-state index contributed by atoms with van der Waals surface area (Å²) in [6.07, 6.45) is 1.01. The van der Waals surface area contributed by atoms with E-state index in [-0.39, 0.29) is 30.0 Å². The zero-order valence-corrected chi connectivity index (χ0v) is 20.2. The number of rotatable bonds is 5. The van der Waals surface area contributed by atoms with E-state index in [9.17, 15) is 26.7 Å². The molecule has 3 atom stereocenters. The average molecular weight is 508 g/mol. The van der Waals surface area contributed by atoms with Crippen molar-refractivity contribution in [3.05, 3.63) is 64.5 Å². The van der Waals surface area contributed by atoms with Crippen LogP contribution in [-0.4, -0.2) is 28.4 Å². The van der Waals surface area contributed by atoms with Crippen molar-refractivity contribution >= 4 is 5.91 Å². The Balaban J connectivity index is 1.28. The average Bonchev–Trinajstić information content (AvgIpc) is 3.39. The zero-order chi connectivity index (χ0) is 25.7. The van der Waals surface area contributed by atoms with Gasteiger partial charge in [0.25, 0.3) is 5.92 Å². The number of hydrogen-bond acceptors (Lipinski definition) is 3. The molecule has 1 N–H and O–H groups in total. The number of alkyl halides is 5. The highest BCUT2D eigenvalue weighted by molar-refractivity contribution is 5.84. The van der Waals surface area contributed by atoms with E-state index in [4.69, 9.17) is 0 Å². The summed E-state index contributed by atoms with van der Waals surface area (Å²) < 4.78 is 67.0. The lowest BCUT2D eigenvalue weighted by Gasteiger charge is -2.37. The summed E-state index contributed by atoms with van der Waals surface area (Å²) in [7, 11) is 0. The number of amides is 1. The summed E-state index contributed by atoms with van der Waals surface area (Å²) in [5.41, 5.74) is 0.539. The van der Waals surface area contributed by atoms with Gasteiger partial charge in [0.15, 0.2) is 0 Å². The quantitative estimate of drug-likeness (QED) is 0.518. The highest BCUT2D eigenvalue weighted by Gasteiger charge is 2.56. The lowest BCUT2D eigenvalue weighted by molar-refractivity contribution is -0.144. The second-order valence-electron chi connectivity index (χ2n) is 10.7. The molecule has 1 aromatic heterocycles. The number of halogens is 5. The van der Waals surface area contributed by atoms with Crippen LogP contribution in [0.5, 0.6) is 0 Å². The number of carbonyl (C=O) groups is 1. The second kappa shape index (κ2) is 9.08. The first-order chi connectivity index (χ1) is 17.0. The molecule has 0 saturated heterocycles. The fraction of sp³-hybridized carbons (Fsp3) is 0.556. The summed E-state index contributed by atoms with van der Waals surface area (Å²) >= 11 is 0. The van der Waals surface area contributed by atoms with E-state index >= 15 is 0 Å². The summed E-state index contributed by atoms with van der Waals surface area (Å²) in [4.78, 5) is 19.6. The Morgan fingerprint density at radius 2 is 2.00 bits per heavy atom. The van der Waals surface area contributed by atoms with Crippen LogP contribution < -0.4 is 5.32 Å². The first-order valence-corrected chi connectivity index (χ1v) is 12.5. The summed E-state index contributed by atoms with van der Waals surface area (Å²) in [6.45, 7) is 1.92. The van der Waals surface area contributed by atoms with Crippen LogP contribution in [0.1, 0.15) is 67.0 Å². The number of nitrogens with one attached hydrogen (secondary N) is 1. The summed E-state index contributed by atoms with van der Waals surface area (Å²) in [5.74, 6) is -2.65. The molecule has 9 heteroatoms. The van der Waals surface area contributed by atoms with Gasteiger partial charge in [0.2, 0.25) is 5.91 Å². The number of benzene rings is 1. The van der Waals surface area contributed by atoms with Gasteiger partial charge < -0.3 is 10.2 Å². The fourth-order valence-corrected chi connectivity index (χ4v) is 6.43. The first kappa shape index (κ1) is 25.1. The van der Waals surface area contributed by atoms with Crippen molar-refractivity contribution in [1.29, 1.82) is 0 Å². The lowest BCUT2D eigenvalue weighted by Crippen LogP contribution is -2.46. The predicted octanol–water partition coefficient (Wildman–Crippen LogP) is 5.84. The minimum atomic E-state index is -4.47. The largest absolute Gasteiger partial charge is 0.417 e. The normalized spacial score (nSPS) is 26.1. The van der Waals surface area contributed by atoms with E-state index in [0.29, 0.717) is 37.2 Å². The monoisotopic (exact) mass is 507 g/mol. The molecular weight excluding hydrogens is 477 g/mol. The van der Waals surface area contributed by atoms with Crippen molar-refractivity contribution in [2.75, 3.05) is 6.54 Å². The van der Waals surface area contributed by atoms with Crippen molar-refractivity contribution in [2.45, 2.75) is 76.7 Å². The minimum absolute atomic E-state index is 0.0229. The molecule has 1 amide bonds. The van der Waals surface area contributed by atoms with Crippen LogP contribution in [0, 0.1) is 11.3 Å². The highest BCUT2D eigenvalue weighted by atomic mass is 19.4. The molecule has 194 valence electrons. The van der Waals surface area contributed by atoms with Crippen LogP contribution in [0.4, 0.5) is 22.0 Å². The van der Waals surface area contributed by atoms with Gasteiger partial charge in [0.05, 0.1) is 11.0 Å². The van der Waals surface area contributed by atoms with Gasteiger partial charge in [-0.25, -0.2) is 8.78 Å². The Hall–Kier alpha value is -2.55. The van der Waals surface area contributed by atoms with Gasteiger partial charge in [-0.2, -0.15) is 13.2 Å². The predicted molar refractivity (Wildman–Crippen MR) is 124 cm³/mol. The molecule has 3 aliphatic rings. The molecule has 2 aliphatic carbocycles. The molecule has 3 unspecified atom stereocenters. The van der Waals surface area contributed by atoms with Crippen LogP contribution in [0.2, 0.25) is 0 Å². The number of hydrogen-bond donors (Lipinski definition) is 1. The van der Waals surface area contributed by atoms with Crippen LogP contribution in [0.3, 0.4) is 0 Å². The number of aromatic nitrogens is 1. The topological polar surface area (TPSA) is 45.2 Å². The summed E-state index contributed by atoms with van der Waals surface area (Å²) in [6, 6.07) is 7.58. The van der Waals surface area contributed by atoms with Crippen LogP contribution in [0.15, 0.2) is 36.5 Å². The van der Waals surface area contributed by atoms with E-state index in [0.717, 1.165) is 50.4 Å². The number of pyridine rings is 1. The molecule has 0 radical (unpaired) electrons. The van der Waals surface area contributed by atoms with Gasteiger partial charge in [0.1, 0.15) is 0 Å². The first-order valence-electron chi connectivity index (χ1n) is 12.5. The van der Waals surface area contributed by atoms with Crippen LogP contribution in [-0.2, 0) is 36.4 Å². The van der Waals surface area contributed by atoms with E-state index in [2.05, 4.69) is 10.3 Å². The molecular formula is C27H30F5N3O. The number of fused-ring (bicyclic) bond motifs is 2. The third kappa shape index (κ3) is 4.74. The second-order valence-corrected chi connectivity index (χ2v) is 10.7. The van der Waals surface area contributed by atoms with E-state index < -0.39 is 23.1 Å². The molecule has 0 bridgehead atoms. The van der Waals surface area contributed by atoms with E-state index in [1.807, 2.05) is 6.07 Å². The van der Waals surface area contributed by atoms with Crippen molar-refractivity contribution in [3.63, 3.8) is 0 Å². The van der Waals surface area contributed by atoms with Crippen molar-refractivity contribution in [2.24, 2.45) is 11.3 Å². The Bertz CT molecular complexity index is 1140. The maximum absolute atomic E-state index is 13.8. The van der Waals surface area contributed by atoms with Gasteiger partial charge in [-0.1, -0.05) is 24.6 Å². The maximum atomic E-state index is 13.8. The molecule has 0 spiro atoms. The van der Waals surface area contributed by atoms with Gasteiger partial charge in [-0.3, -0.25) is 9.78 Å². The SMILES string of the molecule is CC(F)(F)c1cccc(CNC2CC3CCCC3(C(=O)N3CCc4ncc(C(F)(F)F)cc4C3)C2)c1. The van der Waals surface area contributed by atoms with Gasteiger partial charge in [0, 0.05) is 56.5 Å². The molecule has 36 heavy (non-hydrogen) atoms. The third-order valence-corrected chi connectivity index (χ3v) is 8.25.